The Labute approximate surface area is 164 Å². The van der Waals surface area contributed by atoms with Crippen molar-refractivity contribution in [1.29, 1.82) is 0 Å². The second-order valence-corrected chi connectivity index (χ2v) is 6.89. The average molecular weight is 416 g/mol. The average Bonchev–Trinajstić information content (AvgIpc) is 3.10. The molecule has 3 rings (SSSR count). The Morgan fingerprint density at radius 1 is 1.15 bits per heavy atom. The van der Waals surface area contributed by atoms with Gasteiger partial charge in [0, 0.05) is 11.6 Å². The normalized spacial score (nSPS) is 19.8. The quantitative estimate of drug-likeness (QED) is 0.525. The number of hydrazine groups is 1. The van der Waals surface area contributed by atoms with Crippen molar-refractivity contribution in [3.05, 3.63) is 68.4 Å². The van der Waals surface area contributed by atoms with E-state index in [4.69, 9.17) is 34.8 Å². The van der Waals surface area contributed by atoms with Crippen molar-refractivity contribution in [2.75, 3.05) is 0 Å². The van der Waals surface area contributed by atoms with Gasteiger partial charge in [-0.15, -0.1) is 0 Å². The molecule has 2 aromatic carbocycles. The van der Waals surface area contributed by atoms with E-state index in [-0.39, 0.29) is 22.5 Å². The number of halogens is 4. The highest BCUT2D eigenvalue weighted by Crippen LogP contribution is 2.29. The van der Waals surface area contributed by atoms with Crippen molar-refractivity contribution >= 4 is 46.9 Å². The molecule has 0 bridgehead atoms. The summed E-state index contributed by atoms with van der Waals surface area (Å²) in [5.74, 6) is -0.875. The highest BCUT2D eigenvalue weighted by molar-refractivity contribution is 6.42. The minimum absolute atomic E-state index is 0.106. The van der Waals surface area contributed by atoms with Crippen LogP contribution in [0.2, 0.25) is 15.1 Å². The molecule has 0 aromatic heterocycles. The number of carbonyl (C=O) groups is 1. The number of hydrogen-bond donors (Lipinski definition) is 3. The maximum atomic E-state index is 13.6. The SMILES string of the molecule is O=C(N/N=C/c1c(F)cccc1Cl)C1CC(c2ccc(Cl)c(Cl)c2)NN1. The highest BCUT2D eigenvalue weighted by Gasteiger charge is 2.30. The molecule has 0 saturated carbocycles. The van der Waals surface area contributed by atoms with Gasteiger partial charge in [0.05, 0.1) is 21.3 Å². The fourth-order valence-electron chi connectivity index (χ4n) is 2.55. The van der Waals surface area contributed by atoms with Crippen molar-refractivity contribution in [1.82, 2.24) is 16.3 Å². The van der Waals surface area contributed by atoms with Crippen LogP contribution in [0.4, 0.5) is 4.39 Å². The molecule has 0 spiro atoms. The van der Waals surface area contributed by atoms with Gasteiger partial charge in [0.1, 0.15) is 11.9 Å². The smallest absolute Gasteiger partial charge is 0.258 e. The summed E-state index contributed by atoms with van der Waals surface area (Å²) in [7, 11) is 0. The van der Waals surface area contributed by atoms with Crippen LogP contribution in [0.1, 0.15) is 23.6 Å². The zero-order valence-corrected chi connectivity index (χ0v) is 15.5. The van der Waals surface area contributed by atoms with Gasteiger partial charge in [-0.2, -0.15) is 5.10 Å². The molecular weight excluding hydrogens is 402 g/mol. The predicted molar refractivity (Wildman–Crippen MR) is 101 cm³/mol. The van der Waals surface area contributed by atoms with Crippen molar-refractivity contribution in [2.45, 2.75) is 18.5 Å². The Balaban J connectivity index is 1.59. The third-order valence-electron chi connectivity index (χ3n) is 3.93. The van der Waals surface area contributed by atoms with Crippen LogP contribution in [-0.2, 0) is 4.79 Å². The molecule has 1 saturated heterocycles. The molecule has 1 amide bonds. The van der Waals surface area contributed by atoms with Gasteiger partial charge < -0.3 is 0 Å². The molecule has 3 N–H and O–H groups in total. The molecule has 2 atom stereocenters. The van der Waals surface area contributed by atoms with Gasteiger partial charge in [0.15, 0.2) is 0 Å². The first-order chi connectivity index (χ1) is 12.5. The largest absolute Gasteiger partial charge is 0.271 e. The first kappa shape index (κ1) is 19.1. The van der Waals surface area contributed by atoms with Gasteiger partial charge >= 0.3 is 0 Å². The van der Waals surface area contributed by atoms with Crippen LogP contribution in [0, 0.1) is 5.82 Å². The van der Waals surface area contributed by atoms with E-state index in [2.05, 4.69) is 21.4 Å². The number of nitrogens with zero attached hydrogens (tertiary/aromatic N) is 1. The number of carbonyl (C=O) groups excluding carboxylic acids is 1. The number of hydrazone groups is 1. The minimum Gasteiger partial charge on any atom is -0.271 e. The lowest BCUT2D eigenvalue weighted by molar-refractivity contribution is -0.122. The van der Waals surface area contributed by atoms with Gasteiger partial charge in [-0.3, -0.25) is 4.79 Å². The van der Waals surface area contributed by atoms with Gasteiger partial charge in [-0.25, -0.2) is 20.7 Å². The third-order valence-corrected chi connectivity index (χ3v) is 5.00. The molecule has 0 aliphatic carbocycles. The molecule has 1 aliphatic rings. The maximum Gasteiger partial charge on any atom is 0.258 e. The van der Waals surface area contributed by atoms with E-state index >= 15 is 0 Å². The lowest BCUT2D eigenvalue weighted by Crippen LogP contribution is -2.41. The monoisotopic (exact) mass is 414 g/mol. The van der Waals surface area contributed by atoms with E-state index < -0.39 is 11.9 Å². The second kappa shape index (κ2) is 8.33. The molecule has 9 heteroatoms. The number of hydrogen-bond acceptors (Lipinski definition) is 4. The van der Waals surface area contributed by atoms with Crippen molar-refractivity contribution in [3.8, 4) is 0 Å². The second-order valence-electron chi connectivity index (χ2n) is 5.67. The van der Waals surface area contributed by atoms with Crippen LogP contribution < -0.4 is 16.3 Å². The fourth-order valence-corrected chi connectivity index (χ4v) is 3.07. The summed E-state index contributed by atoms with van der Waals surface area (Å²) in [6.07, 6.45) is 1.66. The first-order valence-electron chi connectivity index (χ1n) is 7.68. The van der Waals surface area contributed by atoms with Gasteiger partial charge in [-0.1, -0.05) is 46.9 Å². The summed E-state index contributed by atoms with van der Waals surface area (Å²) in [5, 5.41) is 4.91. The molecule has 1 aliphatic heterocycles. The zero-order chi connectivity index (χ0) is 18.7. The minimum atomic E-state index is -0.518. The topological polar surface area (TPSA) is 65.5 Å². The number of amides is 1. The molecule has 2 unspecified atom stereocenters. The molecule has 0 radical (unpaired) electrons. The Hall–Kier alpha value is -1.70. The number of nitrogens with one attached hydrogen (secondary N) is 3. The van der Waals surface area contributed by atoms with E-state index in [1.165, 1.54) is 24.4 Å². The summed E-state index contributed by atoms with van der Waals surface area (Å²) in [6, 6.07) is 8.97. The molecule has 2 aromatic rings. The summed E-state index contributed by atoms with van der Waals surface area (Å²) >= 11 is 17.8. The predicted octanol–water partition coefficient (Wildman–Crippen LogP) is 3.84. The van der Waals surface area contributed by atoms with Crippen LogP contribution in [0.3, 0.4) is 0 Å². The van der Waals surface area contributed by atoms with E-state index in [1.54, 1.807) is 12.1 Å². The van der Waals surface area contributed by atoms with Crippen LogP contribution in [-0.4, -0.2) is 18.2 Å². The summed E-state index contributed by atoms with van der Waals surface area (Å²) in [6.45, 7) is 0. The van der Waals surface area contributed by atoms with Crippen LogP contribution in [0.25, 0.3) is 0 Å². The van der Waals surface area contributed by atoms with Crippen molar-refractivity contribution in [2.24, 2.45) is 5.10 Å². The number of rotatable bonds is 4. The summed E-state index contributed by atoms with van der Waals surface area (Å²) in [5.41, 5.74) is 9.32. The molecule has 5 nitrogen and oxygen atoms in total. The van der Waals surface area contributed by atoms with Crippen LogP contribution >= 0.6 is 34.8 Å². The van der Waals surface area contributed by atoms with E-state index in [0.29, 0.717) is 16.5 Å². The van der Waals surface area contributed by atoms with Crippen molar-refractivity contribution < 1.29 is 9.18 Å². The lowest BCUT2D eigenvalue weighted by atomic mass is 10.0. The summed E-state index contributed by atoms with van der Waals surface area (Å²) < 4.78 is 13.6. The Kier molecular flexibility index (Phi) is 6.11. The van der Waals surface area contributed by atoms with Gasteiger partial charge in [-0.05, 0) is 36.2 Å². The van der Waals surface area contributed by atoms with E-state index in [0.717, 1.165) is 5.56 Å². The Morgan fingerprint density at radius 2 is 1.96 bits per heavy atom. The zero-order valence-electron chi connectivity index (χ0n) is 13.3. The lowest BCUT2D eigenvalue weighted by Gasteiger charge is -2.10. The third kappa shape index (κ3) is 4.34. The molecule has 1 heterocycles. The Morgan fingerprint density at radius 3 is 2.69 bits per heavy atom. The van der Waals surface area contributed by atoms with E-state index in [1.807, 2.05) is 6.07 Å². The first-order valence-corrected chi connectivity index (χ1v) is 8.82. The fraction of sp³-hybridized carbons (Fsp3) is 0.176. The van der Waals surface area contributed by atoms with Gasteiger partial charge in [0.2, 0.25) is 0 Å². The highest BCUT2D eigenvalue weighted by atomic mass is 35.5. The maximum absolute atomic E-state index is 13.6. The van der Waals surface area contributed by atoms with Crippen molar-refractivity contribution in [3.63, 3.8) is 0 Å². The molecule has 136 valence electrons. The summed E-state index contributed by atoms with van der Waals surface area (Å²) in [4.78, 5) is 12.2. The van der Waals surface area contributed by atoms with E-state index in [9.17, 15) is 9.18 Å². The van der Waals surface area contributed by atoms with Crippen LogP contribution in [0.5, 0.6) is 0 Å². The molecule has 1 fully saturated rings. The Bertz CT molecular complexity index is 842. The molecular formula is C17H14Cl3FN4O. The molecule has 26 heavy (non-hydrogen) atoms. The van der Waals surface area contributed by atoms with Crippen LogP contribution in [0.15, 0.2) is 41.5 Å². The number of benzene rings is 2. The standard InChI is InChI=1S/C17H14Cl3FN4O/c18-11-2-1-3-14(21)10(11)8-22-25-17(26)16-7-15(23-24-16)9-4-5-12(19)13(20)6-9/h1-6,8,15-16,23-24H,7H2,(H,25,26)/b22-8+. The van der Waals surface area contributed by atoms with Gasteiger partial charge in [0.25, 0.3) is 5.91 Å².